The van der Waals surface area contributed by atoms with Crippen LogP contribution in [0.2, 0.25) is 0 Å². The molecule has 23 heavy (non-hydrogen) atoms. The first kappa shape index (κ1) is 16.4. The average Bonchev–Trinajstić information content (AvgIpc) is 2.85. The summed E-state index contributed by atoms with van der Waals surface area (Å²) in [5, 5.41) is 9.95. The van der Waals surface area contributed by atoms with Gasteiger partial charge in [0.2, 0.25) is 5.91 Å². The van der Waals surface area contributed by atoms with E-state index in [-0.39, 0.29) is 17.9 Å². The molecule has 0 radical (unpaired) electrons. The van der Waals surface area contributed by atoms with Crippen molar-refractivity contribution >= 4 is 5.91 Å². The first-order valence-corrected chi connectivity index (χ1v) is 8.33. The molecule has 0 aliphatic heterocycles. The van der Waals surface area contributed by atoms with E-state index in [2.05, 4.69) is 0 Å². The van der Waals surface area contributed by atoms with Gasteiger partial charge in [0.25, 0.3) is 0 Å². The van der Waals surface area contributed by atoms with E-state index in [1.807, 2.05) is 0 Å². The number of halogens is 2. The third-order valence-corrected chi connectivity index (χ3v) is 5.54. The van der Waals surface area contributed by atoms with Gasteiger partial charge < -0.3 is 10.0 Å². The van der Waals surface area contributed by atoms with E-state index >= 15 is 0 Å². The third-order valence-electron chi connectivity index (χ3n) is 5.54. The number of benzene rings is 1. The monoisotopic (exact) mass is 323 g/mol. The van der Waals surface area contributed by atoms with Crippen molar-refractivity contribution in [1.82, 2.24) is 4.90 Å². The number of hydrogen-bond donors (Lipinski definition) is 1. The number of likely N-dealkylation sites (N-methyl/N-ethyl adjacent to an activating group) is 1. The van der Waals surface area contributed by atoms with Gasteiger partial charge in [0.15, 0.2) is 0 Å². The molecule has 0 saturated heterocycles. The SMILES string of the molecule is CN(CC1CCCC1O)C(=O)C1(c2ccc(F)cc2F)CCC1. The Balaban J connectivity index is 1.80. The maximum Gasteiger partial charge on any atom is 0.233 e. The highest BCUT2D eigenvalue weighted by Crippen LogP contribution is 2.46. The summed E-state index contributed by atoms with van der Waals surface area (Å²) in [6.45, 7) is 0.491. The van der Waals surface area contributed by atoms with Gasteiger partial charge in [0.1, 0.15) is 11.6 Å². The number of carbonyl (C=O) groups excluding carboxylic acids is 1. The highest BCUT2D eigenvalue weighted by molar-refractivity contribution is 5.89. The van der Waals surface area contributed by atoms with Crippen molar-refractivity contribution in [2.75, 3.05) is 13.6 Å². The summed E-state index contributed by atoms with van der Waals surface area (Å²) in [6.07, 6.45) is 4.36. The first-order valence-electron chi connectivity index (χ1n) is 8.33. The molecule has 5 heteroatoms. The van der Waals surface area contributed by atoms with E-state index in [1.165, 1.54) is 12.1 Å². The molecule has 0 aromatic heterocycles. The van der Waals surface area contributed by atoms with Crippen LogP contribution in [0.5, 0.6) is 0 Å². The lowest BCUT2D eigenvalue weighted by Crippen LogP contribution is -2.51. The minimum atomic E-state index is -0.865. The van der Waals surface area contributed by atoms with Gasteiger partial charge in [0.05, 0.1) is 11.5 Å². The van der Waals surface area contributed by atoms with Gasteiger partial charge in [-0.2, -0.15) is 0 Å². The Morgan fingerprint density at radius 1 is 1.30 bits per heavy atom. The van der Waals surface area contributed by atoms with E-state index in [0.717, 1.165) is 31.7 Å². The molecule has 126 valence electrons. The fraction of sp³-hybridized carbons (Fsp3) is 0.611. The Bertz CT molecular complexity index is 601. The van der Waals surface area contributed by atoms with Gasteiger partial charge in [-0.1, -0.05) is 18.9 Å². The first-order chi connectivity index (χ1) is 10.9. The van der Waals surface area contributed by atoms with Crippen molar-refractivity contribution < 1.29 is 18.7 Å². The lowest BCUT2D eigenvalue weighted by molar-refractivity contribution is -0.140. The Hall–Kier alpha value is -1.49. The predicted molar refractivity (Wildman–Crippen MR) is 82.9 cm³/mol. The zero-order valence-corrected chi connectivity index (χ0v) is 13.4. The molecule has 2 fully saturated rings. The minimum absolute atomic E-state index is 0.0964. The second kappa shape index (κ2) is 6.19. The molecule has 3 nitrogen and oxygen atoms in total. The molecule has 2 saturated carbocycles. The van der Waals surface area contributed by atoms with E-state index in [0.29, 0.717) is 24.9 Å². The topological polar surface area (TPSA) is 40.5 Å². The molecular formula is C18H23F2NO2. The van der Waals surface area contributed by atoms with Crippen molar-refractivity contribution in [2.24, 2.45) is 5.92 Å². The molecule has 2 aliphatic carbocycles. The lowest BCUT2D eigenvalue weighted by atomic mass is 9.63. The second-order valence-electron chi connectivity index (χ2n) is 7.00. The van der Waals surface area contributed by atoms with Crippen LogP contribution >= 0.6 is 0 Å². The summed E-state index contributed by atoms with van der Waals surface area (Å²) in [4.78, 5) is 14.6. The summed E-state index contributed by atoms with van der Waals surface area (Å²) in [6, 6.07) is 3.47. The van der Waals surface area contributed by atoms with E-state index in [1.54, 1.807) is 11.9 Å². The van der Waals surface area contributed by atoms with Crippen LogP contribution in [-0.2, 0) is 10.2 Å². The number of nitrogens with zero attached hydrogens (tertiary/aromatic N) is 1. The van der Waals surface area contributed by atoms with Gasteiger partial charge >= 0.3 is 0 Å². The van der Waals surface area contributed by atoms with Gasteiger partial charge in [-0.25, -0.2) is 8.78 Å². The molecule has 1 N–H and O–H groups in total. The summed E-state index contributed by atoms with van der Waals surface area (Å²) in [7, 11) is 1.72. The molecule has 2 aliphatic rings. The Labute approximate surface area is 135 Å². The molecule has 0 spiro atoms. The summed E-state index contributed by atoms with van der Waals surface area (Å²) in [5.74, 6) is -1.30. The van der Waals surface area contributed by atoms with Crippen LogP contribution in [0.1, 0.15) is 44.1 Å². The minimum Gasteiger partial charge on any atom is -0.393 e. The van der Waals surface area contributed by atoms with Gasteiger partial charge in [-0.05, 0) is 31.7 Å². The van der Waals surface area contributed by atoms with Crippen LogP contribution in [0.4, 0.5) is 8.78 Å². The normalized spacial score (nSPS) is 25.9. The van der Waals surface area contributed by atoms with Crippen molar-refractivity contribution in [2.45, 2.75) is 50.0 Å². The van der Waals surface area contributed by atoms with Crippen LogP contribution in [0.3, 0.4) is 0 Å². The van der Waals surface area contributed by atoms with Crippen molar-refractivity contribution in [1.29, 1.82) is 0 Å². The Kier molecular flexibility index (Phi) is 4.41. The fourth-order valence-corrected chi connectivity index (χ4v) is 4.04. The molecule has 1 aromatic carbocycles. The maximum atomic E-state index is 14.2. The molecular weight excluding hydrogens is 300 g/mol. The predicted octanol–water partition coefficient (Wildman–Crippen LogP) is 3.01. The van der Waals surface area contributed by atoms with Crippen LogP contribution in [-0.4, -0.2) is 35.6 Å². The van der Waals surface area contributed by atoms with Crippen molar-refractivity contribution in [3.05, 3.63) is 35.4 Å². The molecule has 0 heterocycles. The summed E-state index contributed by atoms with van der Waals surface area (Å²) >= 11 is 0. The van der Waals surface area contributed by atoms with Gasteiger partial charge in [0, 0.05) is 31.1 Å². The number of rotatable bonds is 4. The smallest absolute Gasteiger partial charge is 0.233 e. The maximum absolute atomic E-state index is 14.2. The third kappa shape index (κ3) is 2.87. The van der Waals surface area contributed by atoms with E-state index in [4.69, 9.17) is 0 Å². The second-order valence-corrected chi connectivity index (χ2v) is 7.00. The zero-order valence-electron chi connectivity index (χ0n) is 13.4. The average molecular weight is 323 g/mol. The number of aliphatic hydroxyl groups is 1. The van der Waals surface area contributed by atoms with Crippen molar-refractivity contribution in [3.8, 4) is 0 Å². The van der Waals surface area contributed by atoms with E-state index < -0.39 is 17.0 Å². The quantitative estimate of drug-likeness (QED) is 0.925. The lowest BCUT2D eigenvalue weighted by Gasteiger charge is -2.43. The number of aliphatic hydroxyl groups excluding tert-OH is 1. The fourth-order valence-electron chi connectivity index (χ4n) is 4.04. The largest absolute Gasteiger partial charge is 0.393 e. The van der Waals surface area contributed by atoms with Crippen molar-refractivity contribution in [3.63, 3.8) is 0 Å². The zero-order chi connectivity index (χ0) is 16.6. The molecule has 1 amide bonds. The summed E-state index contributed by atoms with van der Waals surface area (Å²) in [5.41, 5.74) is -0.565. The molecule has 2 atom stereocenters. The number of hydrogen-bond acceptors (Lipinski definition) is 2. The van der Waals surface area contributed by atoms with Crippen LogP contribution in [0.25, 0.3) is 0 Å². The van der Waals surface area contributed by atoms with Crippen LogP contribution < -0.4 is 0 Å². The summed E-state index contributed by atoms with van der Waals surface area (Å²) < 4.78 is 27.4. The number of amides is 1. The van der Waals surface area contributed by atoms with E-state index in [9.17, 15) is 18.7 Å². The Morgan fingerprint density at radius 3 is 2.57 bits per heavy atom. The molecule has 2 unspecified atom stereocenters. The highest BCUT2D eigenvalue weighted by atomic mass is 19.1. The number of carbonyl (C=O) groups is 1. The standard InChI is InChI=1S/C18H23F2NO2/c1-21(11-12-4-2-5-16(12)22)17(23)18(8-3-9-18)14-7-6-13(19)10-15(14)20/h6-7,10,12,16,22H,2-5,8-9,11H2,1H3. The van der Waals surface area contributed by atoms with Gasteiger partial charge in [-0.15, -0.1) is 0 Å². The molecule has 1 aromatic rings. The van der Waals surface area contributed by atoms with Crippen LogP contribution in [0, 0.1) is 17.6 Å². The Morgan fingerprint density at radius 2 is 2.04 bits per heavy atom. The van der Waals surface area contributed by atoms with Crippen LogP contribution in [0.15, 0.2) is 18.2 Å². The van der Waals surface area contributed by atoms with Gasteiger partial charge in [-0.3, -0.25) is 4.79 Å². The molecule has 0 bridgehead atoms. The molecule has 3 rings (SSSR count). The highest BCUT2D eigenvalue weighted by Gasteiger charge is 2.49.